The third kappa shape index (κ3) is 3.22. The fourth-order valence-corrected chi connectivity index (χ4v) is 1.14. The van der Waals surface area contributed by atoms with Gasteiger partial charge in [-0.3, -0.25) is 0 Å². The average molecular weight is 256 g/mol. The van der Waals surface area contributed by atoms with Crippen molar-refractivity contribution in [1.29, 1.82) is 0 Å². The summed E-state index contributed by atoms with van der Waals surface area (Å²) >= 11 is 15.8. The largest absolute Gasteiger partial charge is 1.00 e. The normalized spacial score (nSPS) is 11.0. The summed E-state index contributed by atoms with van der Waals surface area (Å²) in [5.41, 5.74) is -1.22. The number of alkyl halides is 3. The Morgan fingerprint density at radius 2 is 1.57 bits per heavy atom. The van der Waals surface area contributed by atoms with Gasteiger partial charge in [0.1, 0.15) is 0 Å². The van der Waals surface area contributed by atoms with Crippen LogP contribution in [-0.2, 0) is 6.18 Å². The van der Waals surface area contributed by atoms with Crippen LogP contribution in [0.3, 0.4) is 0 Å². The van der Waals surface area contributed by atoms with Crippen molar-refractivity contribution in [2.24, 2.45) is 0 Å². The van der Waals surface area contributed by atoms with Crippen LogP contribution >= 0.6 is 34.8 Å². The Hall–Kier alpha value is 0.407. The van der Waals surface area contributed by atoms with Gasteiger partial charge in [0.2, 0.25) is 0 Å². The first-order chi connectivity index (χ1) is 5.82. The topological polar surface area (TPSA) is 12.9 Å². The quantitative estimate of drug-likeness (QED) is 0.381. The van der Waals surface area contributed by atoms with Gasteiger partial charge < -0.3 is 4.98 Å². The molecule has 0 amide bonds. The Labute approximate surface area is 105 Å². The van der Waals surface area contributed by atoms with E-state index in [-0.39, 0.29) is 24.0 Å². The van der Waals surface area contributed by atoms with Gasteiger partial charge in [0.05, 0.1) is 0 Å². The molecule has 72 valence electrons. The van der Waals surface area contributed by atoms with Crippen molar-refractivity contribution in [1.82, 2.24) is 4.98 Å². The summed E-state index contributed by atoms with van der Waals surface area (Å²) in [6, 6.07) is 1.80. The second kappa shape index (κ2) is 4.96. The summed E-state index contributed by atoms with van der Waals surface area (Å²) in [6.07, 6.45) is -4.63. The smallest absolute Gasteiger partial charge is 0.351 e. The van der Waals surface area contributed by atoms with E-state index < -0.39 is 21.9 Å². The molecule has 0 N–H and O–H groups in total. The molecule has 0 atom stereocenters. The molecular weight excluding hydrogens is 256 g/mol. The number of hydrogen-bond acceptors (Lipinski definition) is 1. The molecule has 0 radical (unpaired) electrons. The van der Waals surface area contributed by atoms with E-state index in [1.54, 1.807) is 6.07 Å². The van der Waals surface area contributed by atoms with E-state index in [0.717, 1.165) is 0 Å². The first-order valence-corrected chi connectivity index (χ1v) is 3.97. The van der Waals surface area contributed by atoms with Gasteiger partial charge in [0, 0.05) is 10.3 Å². The van der Waals surface area contributed by atoms with Gasteiger partial charge in [-0.05, 0) is 10.6 Å². The molecule has 8 heteroatoms. The Bertz CT molecular complexity index is 342. The SMILES string of the molecule is FC(F)(F)c1[c-]c(Cl)c(Cl)nc1Cl.[Li+]. The van der Waals surface area contributed by atoms with Crippen molar-refractivity contribution >= 4 is 34.8 Å². The molecule has 1 aromatic rings. The fourth-order valence-electron chi connectivity index (χ4n) is 0.592. The average Bonchev–Trinajstić information content (AvgIpc) is 1.94. The van der Waals surface area contributed by atoms with Crippen LogP contribution < -0.4 is 18.9 Å². The van der Waals surface area contributed by atoms with Crippen molar-refractivity contribution in [2.45, 2.75) is 6.18 Å². The van der Waals surface area contributed by atoms with Crippen LogP contribution in [0.15, 0.2) is 0 Å². The number of nitrogens with zero attached hydrogens (tertiary/aromatic N) is 1. The zero-order chi connectivity index (χ0) is 10.2. The molecule has 0 aliphatic heterocycles. The van der Waals surface area contributed by atoms with E-state index in [4.69, 9.17) is 34.8 Å². The minimum absolute atomic E-state index is 0. The molecule has 1 heterocycles. The molecule has 0 aromatic carbocycles. The minimum atomic E-state index is -4.63. The van der Waals surface area contributed by atoms with Gasteiger partial charge in [-0.1, -0.05) is 0 Å². The summed E-state index contributed by atoms with van der Waals surface area (Å²) in [4.78, 5) is 3.19. The van der Waals surface area contributed by atoms with Gasteiger partial charge >= 0.3 is 25.0 Å². The van der Waals surface area contributed by atoms with E-state index in [1.165, 1.54) is 0 Å². The fraction of sp³-hybridized carbons (Fsp3) is 0.167. The Morgan fingerprint density at radius 1 is 1.07 bits per heavy atom. The van der Waals surface area contributed by atoms with Crippen LogP contribution in [0.4, 0.5) is 13.2 Å². The third-order valence-corrected chi connectivity index (χ3v) is 2.02. The van der Waals surface area contributed by atoms with Crippen molar-refractivity contribution < 1.29 is 32.0 Å². The molecule has 0 saturated heterocycles. The molecule has 14 heavy (non-hydrogen) atoms. The summed E-state index contributed by atoms with van der Waals surface area (Å²) in [7, 11) is 0. The van der Waals surface area contributed by atoms with Crippen molar-refractivity contribution in [3.8, 4) is 0 Å². The molecule has 1 rings (SSSR count). The van der Waals surface area contributed by atoms with Crippen LogP contribution in [0.1, 0.15) is 5.56 Å². The van der Waals surface area contributed by atoms with Crippen LogP contribution in [0.5, 0.6) is 0 Å². The van der Waals surface area contributed by atoms with Gasteiger partial charge in [0.15, 0.2) is 0 Å². The second-order valence-corrected chi connectivity index (χ2v) is 3.10. The monoisotopic (exact) mass is 255 g/mol. The van der Waals surface area contributed by atoms with E-state index in [9.17, 15) is 13.2 Å². The molecule has 1 aromatic heterocycles. The molecule has 0 fully saturated rings. The number of hydrogen-bond donors (Lipinski definition) is 0. The summed E-state index contributed by atoms with van der Waals surface area (Å²) in [5, 5.41) is -1.47. The zero-order valence-corrected chi connectivity index (χ0v) is 8.98. The maximum atomic E-state index is 12.1. The van der Waals surface area contributed by atoms with Crippen LogP contribution in [-0.4, -0.2) is 4.98 Å². The predicted octanol–water partition coefficient (Wildman–Crippen LogP) is 0.865. The minimum Gasteiger partial charge on any atom is -0.351 e. The van der Waals surface area contributed by atoms with Crippen LogP contribution in [0, 0.1) is 6.07 Å². The van der Waals surface area contributed by atoms with E-state index in [0.29, 0.717) is 0 Å². The maximum absolute atomic E-state index is 12.1. The summed E-state index contributed by atoms with van der Waals surface area (Å²) in [6.45, 7) is 0. The predicted molar refractivity (Wildman–Crippen MR) is 43.1 cm³/mol. The molecule has 0 unspecified atom stereocenters. The molecule has 1 nitrogen and oxygen atoms in total. The number of aromatic nitrogens is 1. The summed E-state index contributed by atoms with van der Waals surface area (Å²) < 4.78 is 36.3. The molecule has 0 bridgehead atoms. The Balaban J connectivity index is 0.00000169. The Morgan fingerprint density at radius 3 is 2.00 bits per heavy atom. The van der Waals surface area contributed by atoms with Crippen LogP contribution in [0.25, 0.3) is 0 Å². The second-order valence-electron chi connectivity index (χ2n) is 2.01. The van der Waals surface area contributed by atoms with Crippen LogP contribution in [0.2, 0.25) is 15.3 Å². The molecule has 0 aliphatic carbocycles. The van der Waals surface area contributed by atoms with E-state index >= 15 is 0 Å². The summed E-state index contributed by atoms with van der Waals surface area (Å²) in [5.74, 6) is 0. The number of rotatable bonds is 0. The van der Waals surface area contributed by atoms with E-state index in [2.05, 4.69) is 4.98 Å². The van der Waals surface area contributed by atoms with Crippen molar-refractivity contribution in [3.05, 3.63) is 27.0 Å². The Kier molecular flexibility index (Phi) is 5.10. The maximum Gasteiger partial charge on any atom is 1.00 e. The number of pyridine rings is 1. The molecule has 0 spiro atoms. The molecule has 0 aliphatic rings. The first-order valence-electron chi connectivity index (χ1n) is 2.83. The van der Waals surface area contributed by atoms with Crippen molar-refractivity contribution in [2.75, 3.05) is 0 Å². The van der Waals surface area contributed by atoms with E-state index in [1.807, 2.05) is 0 Å². The molecule has 0 saturated carbocycles. The van der Waals surface area contributed by atoms with Crippen molar-refractivity contribution in [3.63, 3.8) is 0 Å². The van der Waals surface area contributed by atoms with Gasteiger partial charge in [0.25, 0.3) is 0 Å². The number of halogens is 6. The molecular formula is C6Cl3F3LiN. The standard InChI is InChI=1S/C6Cl3F3N.Li/c7-3-1-2(6(10,11)12)4(8)13-5(3)9;/q-1;+1. The van der Waals surface area contributed by atoms with Gasteiger partial charge in [-0.15, -0.1) is 40.9 Å². The van der Waals surface area contributed by atoms with Gasteiger partial charge in [-0.25, -0.2) is 0 Å². The third-order valence-electron chi connectivity index (χ3n) is 1.10. The van der Waals surface area contributed by atoms with Gasteiger partial charge in [-0.2, -0.15) is 13.2 Å². The zero-order valence-electron chi connectivity index (χ0n) is 6.72. The first kappa shape index (κ1) is 14.4.